The lowest BCUT2D eigenvalue weighted by Crippen LogP contribution is -2.13. The summed E-state index contributed by atoms with van der Waals surface area (Å²) in [7, 11) is 2.06. The van der Waals surface area contributed by atoms with Gasteiger partial charge in [0.1, 0.15) is 0 Å². The number of para-hydroxylation sites is 1. The highest BCUT2D eigenvalue weighted by Crippen LogP contribution is 2.26. The molecule has 3 heteroatoms. The first-order valence-electron chi connectivity index (χ1n) is 8.97. The van der Waals surface area contributed by atoms with Gasteiger partial charge in [-0.15, -0.1) is 0 Å². The van der Waals surface area contributed by atoms with E-state index in [1.165, 1.54) is 16.8 Å². The average Bonchev–Trinajstić information content (AvgIpc) is 2.85. The zero-order valence-corrected chi connectivity index (χ0v) is 15.5. The molecule has 3 nitrogen and oxygen atoms in total. The molecule has 1 heterocycles. The van der Waals surface area contributed by atoms with Gasteiger partial charge in [0, 0.05) is 34.9 Å². The molecule has 2 aromatic carbocycles. The number of carbonyl (C=O) groups excluding carboxylic acids is 1. The van der Waals surface area contributed by atoms with Crippen molar-refractivity contribution in [1.29, 1.82) is 0 Å². The first kappa shape index (κ1) is 17.3. The van der Waals surface area contributed by atoms with Crippen molar-refractivity contribution in [1.82, 2.24) is 4.57 Å². The van der Waals surface area contributed by atoms with Crippen LogP contribution in [0.3, 0.4) is 0 Å². The van der Waals surface area contributed by atoms with Gasteiger partial charge in [0.05, 0.1) is 0 Å². The van der Waals surface area contributed by atoms with Crippen molar-refractivity contribution in [3.8, 4) is 0 Å². The van der Waals surface area contributed by atoms with Crippen LogP contribution in [0.2, 0.25) is 0 Å². The maximum Gasteiger partial charge on any atom is 0.255 e. The molecule has 0 aliphatic carbocycles. The summed E-state index contributed by atoms with van der Waals surface area (Å²) in [6.07, 6.45) is 3.26. The Morgan fingerprint density at radius 1 is 1.12 bits per heavy atom. The summed E-state index contributed by atoms with van der Waals surface area (Å²) >= 11 is 0. The van der Waals surface area contributed by atoms with E-state index in [0.717, 1.165) is 35.9 Å². The van der Waals surface area contributed by atoms with Crippen LogP contribution in [0.4, 0.5) is 5.69 Å². The number of hydrogen-bond donors (Lipinski definition) is 1. The minimum atomic E-state index is -0.0493. The fraction of sp³-hybridized carbons (Fsp3) is 0.318. The van der Waals surface area contributed by atoms with Gasteiger partial charge in [-0.1, -0.05) is 31.5 Å². The molecule has 3 aromatic rings. The summed E-state index contributed by atoms with van der Waals surface area (Å²) in [6, 6.07) is 14.0. The highest BCUT2D eigenvalue weighted by molar-refractivity contribution is 6.07. The molecule has 1 amide bonds. The molecule has 0 bridgehead atoms. The van der Waals surface area contributed by atoms with Crippen LogP contribution in [0.5, 0.6) is 0 Å². The standard InChI is InChI=1S/C22H26N2O/c1-5-6-9-17-10-7-8-11-20(17)23-22(25)18-12-13-21-19(14-18)15(2)16(3)24(21)4/h7-8,10-14H,5-6,9H2,1-4H3,(H,23,25). The summed E-state index contributed by atoms with van der Waals surface area (Å²) in [5.74, 6) is -0.0493. The van der Waals surface area contributed by atoms with Gasteiger partial charge in [-0.2, -0.15) is 0 Å². The number of nitrogens with one attached hydrogen (secondary N) is 1. The lowest BCUT2D eigenvalue weighted by molar-refractivity contribution is 0.102. The summed E-state index contributed by atoms with van der Waals surface area (Å²) in [5.41, 5.74) is 6.45. The number of hydrogen-bond acceptors (Lipinski definition) is 1. The third kappa shape index (κ3) is 3.32. The predicted octanol–water partition coefficient (Wildman–Crippen LogP) is 5.39. The van der Waals surface area contributed by atoms with Gasteiger partial charge in [0.15, 0.2) is 0 Å². The molecule has 0 saturated carbocycles. The van der Waals surface area contributed by atoms with Crippen molar-refractivity contribution in [2.24, 2.45) is 7.05 Å². The van der Waals surface area contributed by atoms with E-state index in [4.69, 9.17) is 0 Å². The zero-order valence-electron chi connectivity index (χ0n) is 15.5. The Hall–Kier alpha value is -2.55. The van der Waals surface area contributed by atoms with E-state index in [9.17, 15) is 4.79 Å². The second-order valence-corrected chi connectivity index (χ2v) is 6.72. The van der Waals surface area contributed by atoms with Crippen LogP contribution in [0.25, 0.3) is 10.9 Å². The van der Waals surface area contributed by atoms with Crippen LogP contribution < -0.4 is 5.32 Å². The van der Waals surface area contributed by atoms with Crippen molar-refractivity contribution in [2.45, 2.75) is 40.0 Å². The maximum absolute atomic E-state index is 12.8. The monoisotopic (exact) mass is 334 g/mol. The predicted molar refractivity (Wildman–Crippen MR) is 105 cm³/mol. The molecule has 0 atom stereocenters. The molecule has 0 fully saturated rings. The number of amides is 1. The third-order valence-corrected chi connectivity index (χ3v) is 5.14. The average molecular weight is 334 g/mol. The molecule has 0 unspecified atom stereocenters. The highest BCUT2D eigenvalue weighted by atomic mass is 16.1. The van der Waals surface area contributed by atoms with E-state index < -0.39 is 0 Å². The molecule has 0 aliphatic heterocycles. The van der Waals surface area contributed by atoms with E-state index in [0.29, 0.717) is 5.56 Å². The minimum absolute atomic E-state index is 0.0493. The summed E-state index contributed by atoms with van der Waals surface area (Å²) in [4.78, 5) is 12.8. The molecule has 0 radical (unpaired) electrons. The smallest absolute Gasteiger partial charge is 0.255 e. The number of aromatic nitrogens is 1. The Labute approximate surface area is 149 Å². The lowest BCUT2D eigenvalue weighted by atomic mass is 10.1. The van der Waals surface area contributed by atoms with Crippen molar-refractivity contribution in [2.75, 3.05) is 5.32 Å². The zero-order chi connectivity index (χ0) is 18.0. The number of anilines is 1. The normalized spacial score (nSPS) is 11.0. The topological polar surface area (TPSA) is 34.0 Å². The number of nitrogens with zero attached hydrogens (tertiary/aromatic N) is 1. The molecule has 0 saturated heterocycles. The molecule has 130 valence electrons. The SMILES string of the molecule is CCCCc1ccccc1NC(=O)c1ccc2c(c1)c(C)c(C)n2C. The number of benzene rings is 2. The Morgan fingerprint density at radius 2 is 1.88 bits per heavy atom. The van der Waals surface area contributed by atoms with Gasteiger partial charge in [0.2, 0.25) is 0 Å². The van der Waals surface area contributed by atoms with Crippen LogP contribution in [0, 0.1) is 13.8 Å². The van der Waals surface area contributed by atoms with Crippen molar-refractivity contribution >= 4 is 22.5 Å². The number of rotatable bonds is 5. The van der Waals surface area contributed by atoms with E-state index in [2.05, 4.69) is 43.8 Å². The molecular formula is C22H26N2O. The van der Waals surface area contributed by atoms with E-state index >= 15 is 0 Å². The van der Waals surface area contributed by atoms with Gasteiger partial charge in [0.25, 0.3) is 5.91 Å². The first-order valence-corrected chi connectivity index (χ1v) is 8.97. The van der Waals surface area contributed by atoms with Gasteiger partial charge in [-0.25, -0.2) is 0 Å². The minimum Gasteiger partial charge on any atom is -0.348 e. The summed E-state index contributed by atoms with van der Waals surface area (Å²) in [5, 5.41) is 4.24. The Balaban J connectivity index is 1.89. The summed E-state index contributed by atoms with van der Waals surface area (Å²) in [6.45, 7) is 6.40. The van der Waals surface area contributed by atoms with E-state index in [1.54, 1.807) is 0 Å². The van der Waals surface area contributed by atoms with Crippen LogP contribution in [0.1, 0.15) is 46.9 Å². The van der Waals surface area contributed by atoms with Crippen molar-refractivity contribution in [3.63, 3.8) is 0 Å². The second-order valence-electron chi connectivity index (χ2n) is 6.72. The maximum atomic E-state index is 12.8. The van der Waals surface area contributed by atoms with Crippen LogP contribution in [-0.4, -0.2) is 10.5 Å². The first-order chi connectivity index (χ1) is 12.0. The Bertz CT molecular complexity index is 921. The van der Waals surface area contributed by atoms with E-state index in [-0.39, 0.29) is 5.91 Å². The lowest BCUT2D eigenvalue weighted by Gasteiger charge is -2.11. The Kier molecular flexibility index (Phi) is 4.93. The van der Waals surface area contributed by atoms with Crippen LogP contribution in [0.15, 0.2) is 42.5 Å². The molecular weight excluding hydrogens is 308 g/mol. The number of fused-ring (bicyclic) bond motifs is 1. The molecule has 25 heavy (non-hydrogen) atoms. The molecule has 0 aliphatic rings. The molecule has 1 N–H and O–H groups in total. The summed E-state index contributed by atoms with van der Waals surface area (Å²) < 4.78 is 2.17. The third-order valence-electron chi connectivity index (χ3n) is 5.14. The van der Waals surface area contributed by atoms with Gasteiger partial charge >= 0.3 is 0 Å². The second kappa shape index (κ2) is 7.14. The molecule has 3 rings (SSSR count). The number of aryl methyl sites for hydroxylation is 3. The van der Waals surface area contributed by atoms with Gasteiger partial charge < -0.3 is 9.88 Å². The fourth-order valence-corrected chi connectivity index (χ4v) is 3.32. The largest absolute Gasteiger partial charge is 0.348 e. The van der Waals surface area contributed by atoms with Crippen LogP contribution >= 0.6 is 0 Å². The Morgan fingerprint density at radius 3 is 2.64 bits per heavy atom. The number of carbonyl (C=O) groups is 1. The molecule has 0 spiro atoms. The van der Waals surface area contributed by atoms with Crippen molar-refractivity contribution in [3.05, 3.63) is 64.8 Å². The fourth-order valence-electron chi connectivity index (χ4n) is 3.32. The highest BCUT2D eigenvalue weighted by Gasteiger charge is 2.13. The van der Waals surface area contributed by atoms with Crippen molar-refractivity contribution < 1.29 is 4.79 Å². The van der Waals surface area contributed by atoms with Gasteiger partial charge in [-0.3, -0.25) is 4.79 Å². The molecule has 1 aromatic heterocycles. The van der Waals surface area contributed by atoms with Crippen LogP contribution in [-0.2, 0) is 13.5 Å². The quantitative estimate of drug-likeness (QED) is 0.667. The van der Waals surface area contributed by atoms with E-state index in [1.807, 2.05) is 36.4 Å². The number of unbranched alkanes of at least 4 members (excludes halogenated alkanes) is 1. The van der Waals surface area contributed by atoms with Gasteiger partial charge in [-0.05, 0) is 62.1 Å².